The number of aryl methyl sites for hydroxylation is 1. The number of aromatic nitrogens is 5. The SMILES string of the molecule is [C-]#[N+]c1ccc2[nH]c(-c3c(O)c(-c4ccc(-c5cccnc5)cc4)nn3C)nc2c1. The molecule has 0 atom stereocenters. The molecule has 0 bridgehead atoms. The number of pyridine rings is 1. The van der Waals surface area contributed by atoms with Crippen molar-refractivity contribution in [2.75, 3.05) is 0 Å². The van der Waals surface area contributed by atoms with Gasteiger partial charge in [0, 0.05) is 25.0 Å². The highest BCUT2D eigenvalue weighted by atomic mass is 16.3. The summed E-state index contributed by atoms with van der Waals surface area (Å²) in [5.74, 6) is 0.550. The summed E-state index contributed by atoms with van der Waals surface area (Å²) >= 11 is 0. The molecule has 0 saturated carbocycles. The van der Waals surface area contributed by atoms with E-state index in [1.54, 1.807) is 30.1 Å². The van der Waals surface area contributed by atoms with Gasteiger partial charge in [-0.3, -0.25) is 9.67 Å². The average molecular weight is 392 g/mol. The van der Waals surface area contributed by atoms with Gasteiger partial charge in [0.05, 0.1) is 17.6 Å². The topological polar surface area (TPSA) is 84.0 Å². The quantitative estimate of drug-likeness (QED) is 0.426. The van der Waals surface area contributed by atoms with Crippen LogP contribution in [0.5, 0.6) is 5.75 Å². The van der Waals surface area contributed by atoms with Gasteiger partial charge in [0.2, 0.25) is 0 Å². The van der Waals surface area contributed by atoms with Crippen LogP contribution in [0.2, 0.25) is 0 Å². The van der Waals surface area contributed by atoms with E-state index in [-0.39, 0.29) is 5.75 Å². The zero-order chi connectivity index (χ0) is 20.7. The van der Waals surface area contributed by atoms with Crippen LogP contribution < -0.4 is 0 Å². The highest BCUT2D eigenvalue weighted by Crippen LogP contribution is 2.37. The van der Waals surface area contributed by atoms with Crippen LogP contribution in [-0.2, 0) is 7.05 Å². The third kappa shape index (κ3) is 2.88. The lowest BCUT2D eigenvalue weighted by molar-refractivity contribution is 0.478. The minimum atomic E-state index is 0.0519. The molecule has 144 valence electrons. The Labute approximate surface area is 172 Å². The first-order valence-electron chi connectivity index (χ1n) is 9.28. The number of aromatic amines is 1. The Morgan fingerprint density at radius 3 is 2.57 bits per heavy atom. The summed E-state index contributed by atoms with van der Waals surface area (Å²) in [5.41, 5.74) is 5.81. The van der Waals surface area contributed by atoms with E-state index >= 15 is 0 Å². The predicted molar refractivity (Wildman–Crippen MR) is 115 cm³/mol. The number of aromatic hydroxyl groups is 1. The molecule has 3 heterocycles. The molecule has 5 rings (SSSR count). The van der Waals surface area contributed by atoms with E-state index in [0.717, 1.165) is 22.2 Å². The van der Waals surface area contributed by atoms with Crippen molar-refractivity contribution in [3.05, 3.63) is 78.4 Å². The molecule has 0 unspecified atom stereocenters. The summed E-state index contributed by atoms with van der Waals surface area (Å²) in [4.78, 5) is 15.3. The standard InChI is InChI=1S/C23H16N6O/c1-24-17-9-10-18-19(12-17)27-23(26-18)21-22(30)20(28-29(21)2)15-7-5-14(6-8-15)16-4-3-11-25-13-16/h3-13,30H,2H3,(H,26,27). The van der Waals surface area contributed by atoms with Gasteiger partial charge in [-0.05, 0) is 29.3 Å². The monoisotopic (exact) mass is 392 g/mol. The van der Waals surface area contributed by atoms with Gasteiger partial charge in [-0.1, -0.05) is 36.4 Å². The maximum absolute atomic E-state index is 10.9. The van der Waals surface area contributed by atoms with Crippen LogP contribution in [0.4, 0.5) is 5.69 Å². The number of hydrogen-bond donors (Lipinski definition) is 2. The molecule has 0 aliphatic carbocycles. The first-order chi connectivity index (χ1) is 14.6. The van der Waals surface area contributed by atoms with Gasteiger partial charge in [0.25, 0.3) is 0 Å². The Bertz CT molecular complexity index is 1410. The molecule has 0 amide bonds. The highest BCUT2D eigenvalue weighted by Gasteiger charge is 2.21. The molecule has 7 nitrogen and oxygen atoms in total. The van der Waals surface area contributed by atoms with Crippen LogP contribution in [-0.4, -0.2) is 29.8 Å². The Kier molecular flexibility index (Phi) is 4.04. The highest BCUT2D eigenvalue weighted by molar-refractivity contribution is 5.85. The predicted octanol–water partition coefficient (Wildman–Crippen LogP) is 4.95. The second kappa shape index (κ2) is 6.87. The molecule has 3 aromatic heterocycles. The van der Waals surface area contributed by atoms with Crippen LogP contribution >= 0.6 is 0 Å². The molecule has 0 aliphatic rings. The van der Waals surface area contributed by atoms with Crippen molar-refractivity contribution in [3.8, 4) is 39.7 Å². The Morgan fingerprint density at radius 2 is 1.83 bits per heavy atom. The van der Waals surface area contributed by atoms with Crippen LogP contribution in [0.3, 0.4) is 0 Å². The van der Waals surface area contributed by atoms with E-state index in [9.17, 15) is 5.11 Å². The van der Waals surface area contributed by atoms with E-state index in [1.807, 2.05) is 48.7 Å². The molecule has 7 heteroatoms. The fourth-order valence-electron chi connectivity index (χ4n) is 3.50. The third-order valence-electron chi connectivity index (χ3n) is 5.00. The lowest BCUT2D eigenvalue weighted by Crippen LogP contribution is -1.95. The lowest BCUT2D eigenvalue weighted by Gasteiger charge is -2.03. The van der Waals surface area contributed by atoms with Gasteiger partial charge in [-0.15, -0.1) is 0 Å². The van der Waals surface area contributed by atoms with E-state index in [4.69, 9.17) is 6.57 Å². The fraction of sp³-hybridized carbons (Fsp3) is 0.0435. The Morgan fingerprint density at radius 1 is 1.03 bits per heavy atom. The molecule has 0 fully saturated rings. The molecule has 2 aromatic carbocycles. The molecule has 0 spiro atoms. The summed E-state index contributed by atoms with van der Waals surface area (Å²) in [7, 11) is 1.76. The van der Waals surface area contributed by atoms with Gasteiger partial charge in [0.1, 0.15) is 11.4 Å². The first-order valence-corrected chi connectivity index (χ1v) is 9.28. The third-order valence-corrected chi connectivity index (χ3v) is 5.00. The largest absolute Gasteiger partial charge is 0.504 e. The maximum atomic E-state index is 10.9. The number of hydrogen-bond acceptors (Lipinski definition) is 4. The Balaban J connectivity index is 1.55. The van der Waals surface area contributed by atoms with Crippen molar-refractivity contribution < 1.29 is 5.11 Å². The maximum Gasteiger partial charge on any atom is 0.189 e. The first kappa shape index (κ1) is 17.6. The van der Waals surface area contributed by atoms with Crippen LogP contribution in [0.15, 0.2) is 67.0 Å². The summed E-state index contributed by atoms with van der Waals surface area (Å²) in [5, 5.41) is 15.4. The minimum Gasteiger partial charge on any atom is -0.504 e. The van der Waals surface area contributed by atoms with E-state index in [1.165, 1.54) is 0 Å². The van der Waals surface area contributed by atoms with Crippen molar-refractivity contribution in [2.24, 2.45) is 7.05 Å². The van der Waals surface area contributed by atoms with Gasteiger partial charge < -0.3 is 10.1 Å². The van der Waals surface area contributed by atoms with E-state index in [0.29, 0.717) is 28.4 Å². The van der Waals surface area contributed by atoms with Crippen molar-refractivity contribution in [1.82, 2.24) is 24.7 Å². The molecule has 0 aliphatic heterocycles. The van der Waals surface area contributed by atoms with Gasteiger partial charge >= 0.3 is 0 Å². The van der Waals surface area contributed by atoms with E-state index in [2.05, 4.69) is 24.9 Å². The summed E-state index contributed by atoms with van der Waals surface area (Å²) in [6.45, 7) is 7.16. The van der Waals surface area contributed by atoms with Gasteiger partial charge in [-0.25, -0.2) is 9.83 Å². The number of fused-ring (bicyclic) bond motifs is 1. The smallest absolute Gasteiger partial charge is 0.189 e. The molecule has 0 radical (unpaired) electrons. The van der Waals surface area contributed by atoms with Gasteiger partial charge in [0.15, 0.2) is 17.3 Å². The normalized spacial score (nSPS) is 10.9. The van der Waals surface area contributed by atoms with E-state index < -0.39 is 0 Å². The zero-order valence-corrected chi connectivity index (χ0v) is 16.0. The molecular formula is C23H16N6O. The van der Waals surface area contributed by atoms with Crippen molar-refractivity contribution in [1.29, 1.82) is 0 Å². The summed E-state index contributed by atoms with van der Waals surface area (Å²) < 4.78 is 1.60. The second-order valence-electron chi connectivity index (χ2n) is 6.89. The Hall–Kier alpha value is -4.44. The average Bonchev–Trinajstić information content (AvgIpc) is 3.33. The molecule has 30 heavy (non-hydrogen) atoms. The van der Waals surface area contributed by atoms with Crippen molar-refractivity contribution >= 4 is 16.7 Å². The number of H-pyrrole nitrogens is 1. The zero-order valence-electron chi connectivity index (χ0n) is 16.0. The number of imidazole rings is 1. The van der Waals surface area contributed by atoms with Crippen LogP contribution in [0.1, 0.15) is 0 Å². The lowest BCUT2D eigenvalue weighted by atomic mass is 10.0. The van der Waals surface area contributed by atoms with Gasteiger partial charge in [-0.2, -0.15) is 5.10 Å². The molecular weight excluding hydrogens is 376 g/mol. The number of nitrogens with zero attached hydrogens (tertiary/aromatic N) is 5. The molecule has 2 N–H and O–H groups in total. The molecule has 0 saturated heterocycles. The number of nitrogens with one attached hydrogen (secondary N) is 1. The molecule has 5 aromatic rings. The summed E-state index contributed by atoms with van der Waals surface area (Å²) in [6, 6.07) is 17.0. The van der Waals surface area contributed by atoms with Crippen molar-refractivity contribution in [3.63, 3.8) is 0 Å². The van der Waals surface area contributed by atoms with Crippen LogP contribution in [0.25, 0.3) is 49.8 Å². The second-order valence-corrected chi connectivity index (χ2v) is 6.89. The number of benzene rings is 2. The van der Waals surface area contributed by atoms with Crippen molar-refractivity contribution in [2.45, 2.75) is 0 Å². The van der Waals surface area contributed by atoms with Crippen LogP contribution in [0, 0.1) is 6.57 Å². The number of rotatable bonds is 3. The summed E-state index contributed by atoms with van der Waals surface area (Å²) in [6.07, 6.45) is 3.55. The fourth-order valence-corrected chi connectivity index (χ4v) is 3.50. The minimum absolute atomic E-state index is 0.0519.